The molecule has 0 aromatic heterocycles. The minimum Gasteiger partial charge on any atom is -0.388 e. The van der Waals surface area contributed by atoms with E-state index >= 15 is 0 Å². The second-order valence-corrected chi connectivity index (χ2v) is 6.50. The van der Waals surface area contributed by atoms with E-state index in [-0.39, 0.29) is 22.5 Å². The third-order valence-electron chi connectivity index (χ3n) is 3.84. The summed E-state index contributed by atoms with van der Waals surface area (Å²) >= 11 is 3.07. The molecule has 1 saturated carbocycles. The molecule has 0 saturated heterocycles. The lowest BCUT2D eigenvalue weighted by molar-refractivity contribution is -0.0109. The van der Waals surface area contributed by atoms with Gasteiger partial charge in [0.25, 0.3) is 5.91 Å². The number of nitrogens with one attached hydrogen (secondary N) is 1. The van der Waals surface area contributed by atoms with Gasteiger partial charge < -0.3 is 10.4 Å². The summed E-state index contributed by atoms with van der Waals surface area (Å²) in [5.41, 5.74) is -0.593. The van der Waals surface area contributed by atoms with E-state index in [0.29, 0.717) is 18.8 Å². The molecule has 0 bridgehead atoms. The molecule has 5 heteroatoms. The van der Waals surface area contributed by atoms with Crippen molar-refractivity contribution in [2.24, 2.45) is 5.92 Å². The van der Waals surface area contributed by atoms with Crippen molar-refractivity contribution in [1.82, 2.24) is 5.32 Å². The van der Waals surface area contributed by atoms with Crippen molar-refractivity contribution < 1.29 is 14.3 Å². The van der Waals surface area contributed by atoms with Crippen LogP contribution in [0.25, 0.3) is 0 Å². The second kappa shape index (κ2) is 6.22. The minimum absolute atomic E-state index is 0.154. The van der Waals surface area contributed by atoms with Crippen LogP contribution >= 0.6 is 15.9 Å². The lowest BCUT2D eigenvalue weighted by Gasteiger charge is -2.35. The molecule has 0 radical (unpaired) electrons. The maximum absolute atomic E-state index is 13.4. The first-order valence-corrected chi connectivity index (χ1v) is 7.65. The van der Waals surface area contributed by atoms with Crippen molar-refractivity contribution in [3.8, 4) is 0 Å². The van der Waals surface area contributed by atoms with Gasteiger partial charge in [0.15, 0.2) is 0 Å². The van der Waals surface area contributed by atoms with Gasteiger partial charge in [0.05, 0.1) is 15.6 Å². The SMILES string of the molecule is CC1CCCC(O)(CNC(=O)c2cccc(F)c2Br)C1. The Hall–Kier alpha value is -0.940. The average molecular weight is 344 g/mol. The Morgan fingerprint density at radius 1 is 1.60 bits per heavy atom. The molecule has 1 fully saturated rings. The number of carbonyl (C=O) groups excluding carboxylic acids is 1. The highest BCUT2D eigenvalue weighted by atomic mass is 79.9. The Kier molecular flexibility index (Phi) is 4.81. The summed E-state index contributed by atoms with van der Waals surface area (Å²) in [7, 11) is 0. The number of amides is 1. The van der Waals surface area contributed by atoms with Crippen molar-refractivity contribution in [2.75, 3.05) is 6.54 Å². The topological polar surface area (TPSA) is 49.3 Å². The summed E-state index contributed by atoms with van der Waals surface area (Å²) in [6, 6.07) is 4.33. The van der Waals surface area contributed by atoms with Crippen LogP contribution in [-0.2, 0) is 0 Å². The highest BCUT2D eigenvalue weighted by Gasteiger charge is 2.33. The largest absolute Gasteiger partial charge is 0.388 e. The molecule has 2 unspecified atom stereocenters. The summed E-state index contributed by atoms with van der Waals surface area (Å²) in [5.74, 6) is -0.378. The molecule has 2 atom stereocenters. The van der Waals surface area contributed by atoms with Gasteiger partial charge in [0.2, 0.25) is 0 Å². The lowest BCUT2D eigenvalue weighted by atomic mass is 9.79. The molecule has 2 N–H and O–H groups in total. The molecule has 3 nitrogen and oxygen atoms in total. The Balaban J connectivity index is 2.00. The van der Waals surface area contributed by atoms with E-state index in [1.165, 1.54) is 12.1 Å². The summed E-state index contributed by atoms with van der Waals surface area (Å²) < 4.78 is 13.5. The zero-order chi connectivity index (χ0) is 14.8. The zero-order valence-electron chi connectivity index (χ0n) is 11.5. The van der Waals surface area contributed by atoms with Crippen molar-refractivity contribution in [3.05, 3.63) is 34.1 Å². The molecule has 20 heavy (non-hydrogen) atoms. The third kappa shape index (κ3) is 3.58. The molecular weight excluding hydrogens is 325 g/mol. The van der Waals surface area contributed by atoms with Gasteiger partial charge in [0.1, 0.15) is 5.82 Å². The molecule has 0 heterocycles. The third-order valence-corrected chi connectivity index (χ3v) is 4.65. The van der Waals surface area contributed by atoms with Crippen LogP contribution in [0.1, 0.15) is 43.0 Å². The lowest BCUT2D eigenvalue weighted by Crippen LogP contribution is -2.45. The number of rotatable bonds is 3. The first-order chi connectivity index (χ1) is 9.41. The van der Waals surface area contributed by atoms with Crippen LogP contribution in [0.3, 0.4) is 0 Å². The van der Waals surface area contributed by atoms with Gasteiger partial charge in [0, 0.05) is 6.54 Å². The van der Waals surface area contributed by atoms with Gasteiger partial charge in [-0.15, -0.1) is 0 Å². The van der Waals surface area contributed by atoms with Crippen LogP contribution in [0.2, 0.25) is 0 Å². The van der Waals surface area contributed by atoms with E-state index in [9.17, 15) is 14.3 Å². The average Bonchev–Trinajstić information content (AvgIpc) is 2.39. The Morgan fingerprint density at radius 3 is 3.05 bits per heavy atom. The maximum atomic E-state index is 13.4. The smallest absolute Gasteiger partial charge is 0.252 e. The minimum atomic E-state index is -0.840. The standard InChI is InChI=1S/C15H19BrFNO2/c1-10-4-3-7-15(20,8-10)9-18-14(19)11-5-2-6-12(17)13(11)16/h2,5-6,10,20H,3-4,7-9H2,1H3,(H,18,19). The molecular formula is C15H19BrFNO2. The number of halogens is 2. The fraction of sp³-hybridized carbons (Fsp3) is 0.533. The predicted molar refractivity (Wildman–Crippen MR) is 79.0 cm³/mol. The first-order valence-electron chi connectivity index (χ1n) is 6.86. The number of hydrogen-bond acceptors (Lipinski definition) is 2. The summed E-state index contributed by atoms with van der Waals surface area (Å²) in [5, 5.41) is 13.2. The van der Waals surface area contributed by atoms with Gasteiger partial charge in [-0.3, -0.25) is 4.79 Å². The van der Waals surface area contributed by atoms with Crippen molar-refractivity contribution in [2.45, 2.75) is 38.2 Å². The summed E-state index contributed by atoms with van der Waals surface area (Å²) in [4.78, 5) is 12.1. The van der Waals surface area contributed by atoms with E-state index in [2.05, 4.69) is 28.2 Å². The van der Waals surface area contributed by atoms with Crippen LogP contribution < -0.4 is 5.32 Å². The molecule has 1 aliphatic rings. The number of hydrogen-bond donors (Lipinski definition) is 2. The molecule has 1 aromatic rings. The summed E-state index contributed by atoms with van der Waals surface area (Å²) in [6.45, 7) is 2.31. The van der Waals surface area contributed by atoms with Gasteiger partial charge in [-0.1, -0.05) is 25.8 Å². The molecule has 110 valence electrons. The van der Waals surface area contributed by atoms with Gasteiger partial charge in [-0.25, -0.2) is 4.39 Å². The van der Waals surface area contributed by atoms with Gasteiger partial charge >= 0.3 is 0 Å². The van der Waals surface area contributed by atoms with Crippen molar-refractivity contribution in [1.29, 1.82) is 0 Å². The van der Waals surface area contributed by atoms with Gasteiger partial charge in [-0.2, -0.15) is 0 Å². The Labute approximate surface area is 126 Å². The van der Waals surface area contributed by atoms with Crippen LogP contribution in [0.5, 0.6) is 0 Å². The van der Waals surface area contributed by atoms with E-state index in [0.717, 1.165) is 12.8 Å². The molecule has 1 aromatic carbocycles. The number of benzene rings is 1. The van der Waals surface area contributed by atoms with E-state index in [4.69, 9.17) is 0 Å². The summed E-state index contributed by atoms with van der Waals surface area (Å²) in [6.07, 6.45) is 3.47. The highest BCUT2D eigenvalue weighted by molar-refractivity contribution is 9.10. The Bertz CT molecular complexity index is 509. The molecule has 0 spiro atoms. The molecule has 1 amide bonds. The van der Waals surface area contributed by atoms with Crippen LogP contribution in [0.4, 0.5) is 4.39 Å². The zero-order valence-corrected chi connectivity index (χ0v) is 13.0. The van der Waals surface area contributed by atoms with Crippen LogP contribution in [-0.4, -0.2) is 23.2 Å². The maximum Gasteiger partial charge on any atom is 0.252 e. The van der Waals surface area contributed by atoms with Crippen LogP contribution in [0, 0.1) is 11.7 Å². The van der Waals surface area contributed by atoms with Crippen molar-refractivity contribution >= 4 is 21.8 Å². The normalized spacial score (nSPS) is 26.3. The number of aliphatic hydroxyl groups is 1. The quantitative estimate of drug-likeness (QED) is 0.884. The fourth-order valence-electron chi connectivity index (χ4n) is 2.81. The van der Waals surface area contributed by atoms with E-state index < -0.39 is 11.4 Å². The predicted octanol–water partition coefficient (Wildman–Crippen LogP) is 3.26. The first kappa shape index (κ1) is 15.4. The fourth-order valence-corrected chi connectivity index (χ4v) is 3.26. The Morgan fingerprint density at radius 2 is 2.35 bits per heavy atom. The number of carbonyl (C=O) groups is 1. The van der Waals surface area contributed by atoms with E-state index in [1.807, 2.05) is 0 Å². The van der Waals surface area contributed by atoms with E-state index in [1.54, 1.807) is 6.07 Å². The van der Waals surface area contributed by atoms with Gasteiger partial charge in [-0.05, 0) is 46.8 Å². The highest BCUT2D eigenvalue weighted by Crippen LogP contribution is 2.31. The second-order valence-electron chi connectivity index (χ2n) is 5.71. The van der Waals surface area contributed by atoms with Crippen LogP contribution in [0.15, 0.2) is 22.7 Å². The molecule has 0 aliphatic heterocycles. The molecule has 2 rings (SSSR count). The van der Waals surface area contributed by atoms with Crippen molar-refractivity contribution in [3.63, 3.8) is 0 Å². The molecule has 1 aliphatic carbocycles. The monoisotopic (exact) mass is 343 g/mol.